The van der Waals surface area contributed by atoms with Crippen molar-refractivity contribution in [2.75, 3.05) is 6.54 Å². The number of rotatable bonds is 1. The van der Waals surface area contributed by atoms with Gasteiger partial charge in [0.15, 0.2) is 0 Å². The van der Waals surface area contributed by atoms with Crippen LogP contribution < -0.4 is 10.6 Å². The zero-order chi connectivity index (χ0) is 10.9. The van der Waals surface area contributed by atoms with Crippen LogP contribution in [0.2, 0.25) is 0 Å². The fourth-order valence-electron chi connectivity index (χ4n) is 1.99. The Morgan fingerprint density at radius 1 is 1.40 bits per heavy atom. The summed E-state index contributed by atoms with van der Waals surface area (Å²) >= 11 is 0. The van der Waals surface area contributed by atoms with Gasteiger partial charge in [-0.25, -0.2) is 4.79 Å². The van der Waals surface area contributed by atoms with Crippen molar-refractivity contribution in [2.24, 2.45) is 0 Å². The lowest BCUT2D eigenvalue weighted by atomic mass is 9.87. The Morgan fingerprint density at radius 2 is 2.20 bits per heavy atom. The van der Waals surface area contributed by atoms with Crippen LogP contribution in [0.3, 0.4) is 0 Å². The summed E-state index contributed by atoms with van der Waals surface area (Å²) in [6.07, 6.45) is 0.919. The molecule has 3 heteroatoms. The molecule has 1 unspecified atom stereocenters. The monoisotopic (exact) mass is 204 g/mol. The fourth-order valence-corrected chi connectivity index (χ4v) is 1.99. The predicted molar refractivity (Wildman–Crippen MR) is 59.7 cm³/mol. The van der Waals surface area contributed by atoms with E-state index in [0.29, 0.717) is 0 Å². The van der Waals surface area contributed by atoms with Gasteiger partial charge in [-0.3, -0.25) is 0 Å². The summed E-state index contributed by atoms with van der Waals surface area (Å²) in [4.78, 5) is 11.3. The summed E-state index contributed by atoms with van der Waals surface area (Å²) < 4.78 is 0. The van der Waals surface area contributed by atoms with Crippen molar-refractivity contribution < 1.29 is 4.79 Å². The Hall–Kier alpha value is -1.51. The van der Waals surface area contributed by atoms with Crippen LogP contribution in [0.15, 0.2) is 24.3 Å². The van der Waals surface area contributed by atoms with Crippen LogP contribution in [0.4, 0.5) is 4.79 Å². The highest BCUT2D eigenvalue weighted by Gasteiger charge is 2.31. The third-order valence-corrected chi connectivity index (χ3v) is 2.96. The number of amides is 2. The number of carbonyl (C=O) groups is 1. The molecule has 15 heavy (non-hydrogen) atoms. The summed E-state index contributed by atoms with van der Waals surface area (Å²) in [6, 6.07) is 8.22. The molecule has 1 heterocycles. The lowest BCUT2D eigenvalue weighted by Crippen LogP contribution is -2.54. The van der Waals surface area contributed by atoms with E-state index in [0.717, 1.165) is 13.0 Å². The van der Waals surface area contributed by atoms with E-state index in [-0.39, 0.29) is 11.6 Å². The predicted octanol–water partition coefficient (Wildman–Crippen LogP) is 1.91. The summed E-state index contributed by atoms with van der Waals surface area (Å²) in [5.74, 6) is 0. The Kier molecular flexibility index (Phi) is 2.39. The van der Waals surface area contributed by atoms with Crippen molar-refractivity contribution in [1.82, 2.24) is 10.6 Å². The smallest absolute Gasteiger partial charge is 0.315 e. The van der Waals surface area contributed by atoms with E-state index in [1.807, 2.05) is 6.07 Å². The van der Waals surface area contributed by atoms with E-state index in [2.05, 4.69) is 42.7 Å². The highest BCUT2D eigenvalue weighted by Crippen LogP contribution is 2.26. The Labute approximate surface area is 89.9 Å². The summed E-state index contributed by atoms with van der Waals surface area (Å²) in [5.41, 5.74) is 2.17. The summed E-state index contributed by atoms with van der Waals surface area (Å²) in [5, 5.41) is 5.76. The van der Waals surface area contributed by atoms with Crippen LogP contribution >= 0.6 is 0 Å². The molecule has 0 spiro atoms. The lowest BCUT2D eigenvalue weighted by Gasteiger charge is -2.35. The van der Waals surface area contributed by atoms with E-state index >= 15 is 0 Å². The molecule has 0 aromatic heterocycles. The quantitative estimate of drug-likeness (QED) is 0.721. The minimum Gasteiger partial charge on any atom is -0.338 e. The first kappa shape index (κ1) is 10.0. The van der Waals surface area contributed by atoms with Gasteiger partial charge < -0.3 is 10.6 Å². The van der Waals surface area contributed by atoms with Gasteiger partial charge >= 0.3 is 6.03 Å². The molecule has 1 aliphatic rings. The van der Waals surface area contributed by atoms with Crippen LogP contribution in [0.5, 0.6) is 0 Å². The zero-order valence-corrected chi connectivity index (χ0v) is 9.13. The van der Waals surface area contributed by atoms with E-state index in [1.54, 1.807) is 0 Å². The maximum atomic E-state index is 11.3. The molecule has 1 saturated heterocycles. The molecule has 80 valence electrons. The van der Waals surface area contributed by atoms with Gasteiger partial charge in [0.25, 0.3) is 0 Å². The first-order valence-electron chi connectivity index (χ1n) is 5.23. The third-order valence-electron chi connectivity index (χ3n) is 2.96. The van der Waals surface area contributed by atoms with E-state index in [1.165, 1.54) is 11.1 Å². The van der Waals surface area contributed by atoms with Gasteiger partial charge in [-0.15, -0.1) is 0 Å². The largest absolute Gasteiger partial charge is 0.338 e. The standard InChI is InChI=1S/C12H16N2O/c1-9-4-3-5-10(8-9)12(2)6-7-13-11(15)14-12/h3-5,8H,6-7H2,1-2H3,(H2,13,14,15). The van der Waals surface area contributed by atoms with Gasteiger partial charge in [0.05, 0.1) is 5.54 Å². The maximum Gasteiger partial charge on any atom is 0.315 e. The van der Waals surface area contributed by atoms with Gasteiger partial charge in [-0.2, -0.15) is 0 Å². The minimum absolute atomic E-state index is 0.0785. The number of benzene rings is 1. The average molecular weight is 204 g/mol. The second-order valence-corrected chi connectivity index (χ2v) is 4.33. The molecule has 1 aliphatic heterocycles. The zero-order valence-electron chi connectivity index (χ0n) is 9.13. The maximum absolute atomic E-state index is 11.3. The van der Waals surface area contributed by atoms with Gasteiger partial charge in [0, 0.05) is 6.54 Å². The van der Waals surface area contributed by atoms with Gasteiger partial charge in [-0.1, -0.05) is 29.8 Å². The van der Waals surface area contributed by atoms with Gasteiger partial charge in [0.1, 0.15) is 0 Å². The Morgan fingerprint density at radius 3 is 2.87 bits per heavy atom. The minimum atomic E-state index is -0.228. The third kappa shape index (κ3) is 1.96. The second-order valence-electron chi connectivity index (χ2n) is 4.33. The second kappa shape index (κ2) is 3.57. The first-order valence-corrected chi connectivity index (χ1v) is 5.23. The molecule has 0 aliphatic carbocycles. The van der Waals surface area contributed by atoms with Crippen molar-refractivity contribution in [3.05, 3.63) is 35.4 Å². The van der Waals surface area contributed by atoms with Crippen LogP contribution in [0.1, 0.15) is 24.5 Å². The molecule has 1 aromatic rings. The molecule has 0 saturated carbocycles. The Bertz CT molecular complexity index is 389. The van der Waals surface area contributed by atoms with Crippen molar-refractivity contribution in [2.45, 2.75) is 25.8 Å². The summed E-state index contributed by atoms with van der Waals surface area (Å²) in [6.45, 7) is 4.87. The van der Waals surface area contributed by atoms with Crippen LogP contribution in [0, 0.1) is 6.92 Å². The van der Waals surface area contributed by atoms with Crippen LogP contribution in [0.25, 0.3) is 0 Å². The molecule has 1 atom stereocenters. The van der Waals surface area contributed by atoms with Crippen LogP contribution in [-0.2, 0) is 5.54 Å². The van der Waals surface area contributed by atoms with E-state index < -0.39 is 0 Å². The highest BCUT2D eigenvalue weighted by atomic mass is 16.2. The molecular weight excluding hydrogens is 188 g/mol. The number of carbonyl (C=O) groups excluding carboxylic acids is 1. The molecule has 2 amide bonds. The SMILES string of the molecule is Cc1cccc(C2(C)CCNC(=O)N2)c1. The van der Waals surface area contributed by atoms with E-state index in [4.69, 9.17) is 0 Å². The fraction of sp³-hybridized carbons (Fsp3) is 0.417. The number of hydrogen-bond donors (Lipinski definition) is 2. The molecule has 1 aromatic carbocycles. The normalized spacial score (nSPS) is 25.6. The highest BCUT2D eigenvalue weighted by molar-refractivity contribution is 5.76. The van der Waals surface area contributed by atoms with Crippen LogP contribution in [-0.4, -0.2) is 12.6 Å². The molecule has 2 rings (SSSR count). The summed E-state index contributed by atoms with van der Waals surface area (Å²) in [7, 11) is 0. The van der Waals surface area contributed by atoms with E-state index in [9.17, 15) is 4.79 Å². The average Bonchev–Trinajstić information content (AvgIpc) is 2.17. The van der Waals surface area contributed by atoms with Gasteiger partial charge in [-0.05, 0) is 25.8 Å². The number of aryl methyl sites for hydroxylation is 1. The first-order chi connectivity index (χ1) is 7.10. The van der Waals surface area contributed by atoms with Crippen molar-refractivity contribution in [3.8, 4) is 0 Å². The topological polar surface area (TPSA) is 41.1 Å². The molecule has 1 fully saturated rings. The number of urea groups is 1. The number of hydrogen-bond acceptors (Lipinski definition) is 1. The molecule has 2 N–H and O–H groups in total. The van der Waals surface area contributed by atoms with Crippen molar-refractivity contribution in [3.63, 3.8) is 0 Å². The Balaban J connectivity index is 2.32. The molecule has 3 nitrogen and oxygen atoms in total. The molecular formula is C12H16N2O. The van der Waals surface area contributed by atoms with Crippen molar-refractivity contribution in [1.29, 1.82) is 0 Å². The number of nitrogens with one attached hydrogen (secondary N) is 2. The van der Waals surface area contributed by atoms with Gasteiger partial charge in [0.2, 0.25) is 0 Å². The molecule has 0 radical (unpaired) electrons. The molecule has 0 bridgehead atoms. The lowest BCUT2D eigenvalue weighted by molar-refractivity contribution is 0.211. The van der Waals surface area contributed by atoms with Crippen molar-refractivity contribution >= 4 is 6.03 Å².